The highest BCUT2D eigenvalue weighted by Crippen LogP contribution is 2.42. The van der Waals surface area contributed by atoms with E-state index < -0.39 is 23.2 Å². The topological polar surface area (TPSA) is 73.3 Å². The average molecular weight is 590 g/mol. The minimum atomic E-state index is -5.19. The van der Waals surface area contributed by atoms with Gasteiger partial charge >= 0.3 is 6.18 Å². The number of alkyl halides is 3. The smallest absolute Gasteiger partial charge is 0.430 e. The summed E-state index contributed by atoms with van der Waals surface area (Å²) in [6.07, 6.45) is -1.24. The maximum atomic E-state index is 14.3. The summed E-state index contributed by atoms with van der Waals surface area (Å²) in [5, 5.41) is 10.9. The van der Waals surface area contributed by atoms with Gasteiger partial charge in [-0.25, -0.2) is 0 Å². The molecule has 2 aromatic carbocycles. The SMILES string of the molecule is CC(C)Oc1cccc([C@@](O)(C(=O)N2CCC(CC3CCN(c4ccc(C(=O)N(C)C)cc4)CC3)CC2)C(F)(F)F)c1. The van der Waals surface area contributed by atoms with Crippen LogP contribution >= 0.6 is 0 Å². The molecule has 2 aliphatic heterocycles. The standard InChI is InChI=1S/C32H42F3N3O4/c1-22(2)42-28-7-5-6-26(21-28)31(41,32(33,34)35)30(40)38-18-14-24(15-19-38)20-23-12-16-37(17-13-23)27-10-8-25(9-11-27)29(39)36(3)4/h5-11,21-24,41H,12-20H2,1-4H3/t31-/m1/s1. The molecule has 0 radical (unpaired) electrons. The molecule has 2 aromatic rings. The van der Waals surface area contributed by atoms with Crippen LogP contribution in [-0.4, -0.2) is 79.3 Å². The van der Waals surface area contributed by atoms with Gasteiger partial charge in [0.15, 0.2) is 0 Å². The first kappa shape index (κ1) is 31.7. The van der Waals surface area contributed by atoms with E-state index in [2.05, 4.69) is 4.90 Å². The van der Waals surface area contributed by atoms with Crippen LogP contribution in [0.25, 0.3) is 0 Å². The van der Waals surface area contributed by atoms with Gasteiger partial charge in [0.05, 0.1) is 6.10 Å². The summed E-state index contributed by atoms with van der Waals surface area (Å²) in [6.45, 7) is 5.66. The van der Waals surface area contributed by atoms with Crippen LogP contribution in [-0.2, 0) is 10.4 Å². The Bertz CT molecular complexity index is 1220. The van der Waals surface area contributed by atoms with Crippen LogP contribution in [0.5, 0.6) is 5.75 Å². The number of benzene rings is 2. The van der Waals surface area contributed by atoms with E-state index in [-0.39, 0.29) is 30.9 Å². The number of likely N-dealkylation sites (tertiary alicyclic amines) is 1. The van der Waals surface area contributed by atoms with Crippen LogP contribution in [0, 0.1) is 11.8 Å². The van der Waals surface area contributed by atoms with Crippen LogP contribution in [0.4, 0.5) is 18.9 Å². The third-order valence-corrected chi connectivity index (χ3v) is 8.41. The molecule has 0 unspecified atom stereocenters. The van der Waals surface area contributed by atoms with Crippen molar-refractivity contribution in [1.29, 1.82) is 0 Å². The second-order valence-electron chi connectivity index (χ2n) is 12.1. The number of aliphatic hydroxyl groups is 1. The monoisotopic (exact) mass is 589 g/mol. The molecule has 2 aliphatic rings. The molecule has 1 N–H and O–H groups in total. The minimum absolute atomic E-state index is 0.0264. The number of amides is 2. The second kappa shape index (κ2) is 12.9. The van der Waals surface area contributed by atoms with Gasteiger partial charge < -0.3 is 24.5 Å². The molecule has 7 nitrogen and oxygen atoms in total. The van der Waals surface area contributed by atoms with Crippen LogP contribution in [0.15, 0.2) is 48.5 Å². The van der Waals surface area contributed by atoms with Gasteiger partial charge in [0.2, 0.25) is 0 Å². The third-order valence-electron chi connectivity index (χ3n) is 8.41. The number of hydrogen-bond donors (Lipinski definition) is 1. The maximum absolute atomic E-state index is 14.3. The molecule has 42 heavy (non-hydrogen) atoms. The second-order valence-corrected chi connectivity index (χ2v) is 12.1. The Morgan fingerprint density at radius 1 is 0.952 bits per heavy atom. The molecule has 10 heteroatoms. The summed E-state index contributed by atoms with van der Waals surface area (Å²) in [4.78, 5) is 30.4. The van der Waals surface area contributed by atoms with Gasteiger partial charge in [-0.15, -0.1) is 0 Å². The molecule has 0 saturated carbocycles. The van der Waals surface area contributed by atoms with Crippen molar-refractivity contribution in [3.63, 3.8) is 0 Å². The number of piperidine rings is 2. The van der Waals surface area contributed by atoms with E-state index in [4.69, 9.17) is 4.74 Å². The lowest BCUT2D eigenvalue weighted by atomic mass is 9.82. The van der Waals surface area contributed by atoms with Gasteiger partial charge in [-0.3, -0.25) is 9.59 Å². The van der Waals surface area contributed by atoms with Crippen molar-refractivity contribution in [2.75, 3.05) is 45.2 Å². The summed E-state index contributed by atoms with van der Waals surface area (Å²) in [5.41, 5.74) is -2.42. The van der Waals surface area contributed by atoms with Crippen molar-refractivity contribution < 1.29 is 32.6 Å². The quantitative estimate of drug-likeness (QED) is 0.442. The first-order chi connectivity index (χ1) is 19.8. The molecule has 0 aromatic heterocycles. The molecular weight excluding hydrogens is 547 g/mol. The van der Waals surface area contributed by atoms with Gasteiger partial charge in [0.1, 0.15) is 5.75 Å². The Morgan fingerprint density at radius 2 is 1.52 bits per heavy atom. The number of halogens is 3. The van der Waals surface area contributed by atoms with E-state index in [1.807, 2.05) is 24.3 Å². The third kappa shape index (κ3) is 7.02. The lowest BCUT2D eigenvalue weighted by Crippen LogP contribution is -2.57. The van der Waals surface area contributed by atoms with Gasteiger partial charge in [-0.05, 0) is 94.2 Å². The predicted octanol–water partition coefficient (Wildman–Crippen LogP) is 5.47. The van der Waals surface area contributed by atoms with E-state index in [0.29, 0.717) is 30.2 Å². The van der Waals surface area contributed by atoms with Crippen molar-refractivity contribution in [3.8, 4) is 5.75 Å². The molecule has 0 aliphatic carbocycles. The largest absolute Gasteiger partial charge is 0.491 e. The molecule has 0 spiro atoms. The van der Waals surface area contributed by atoms with Crippen molar-refractivity contribution in [2.24, 2.45) is 11.8 Å². The van der Waals surface area contributed by atoms with Crippen molar-refractivity contribution >= 4 is 17.5 Å². The van der Waals surface area contributed by atoms with Gasteiger partial charge in [0.25, 0.3) is 17.4 Å². The Hall–Kier alpha value is -3.27. The van der Waals surface area contributed by atoms with E-state index in [0.717, 1.165) is 55.1 Å². The number of hydrogen-bond acceptors (Lipinski definition) is 5. The van der Waals surface area contributed by atoms with E-state index >= 15 is 0 Å². The summed E-state index contributed by atoms with van der Waals surface area (Å²) in [5.74, 6) is -0.356. The fraction of sp³-hybridized carbons (Fsp3) is 0.562. The van der Waals surface area contributed by atoms with Gasteiger partial charge in [-0.1, -0.05) is 12.1 Å². The van der Waals surface area contributed by atoms with Crippen LogP contribution in [0.2, 0.25) is 0 Å². The predicted molar refractivity (Wildman–Crippen MR) is 155 cm³/mol. The number of nitrogens with zero attached hydrogens (tertiary/aromatic N) is 3. The van der Waals surface area contributed by atoms with Gasteiger partial charge in [0, 0.05) is 57.1 Å². The minimum Gasteiger partial charge on any atom is -0.491 e. The number of ether oxygens (including phenoxy) is 1. The fourth-order valence-corrected chi connectivity index (χ4v) is 6.05. The average Bonchev–Trinajstić information content (AvgIpc) is 2.96. The van der Waals surface area contributed by atoms with Crippen molar-refractivity contribution in [1.82, 2.24) is 9.80 Å². The Kier molecular flexibility index (Phi) is 9.75. The summed E-state index contributed by atoms with van der Waals surface area (Å²) in [7, 11) is 3.46. The molecular formula is C32H42F3N3O4. The van der Waals surface area contributed by atoms with E-state index in [1.165, 1.54) is 12.1 Å². The molecule has 2 amide bonds. The zero-order valence-corrected chi connectivity index (χ0v) is 24.9. The highest BCUT2D eigenvalue weighted by Gasteiger charge is 2.62. The Labute approximate surface area is 246 Å². The maximum Gasteiger partial charge on any atom is 0.430 e. The Morgan fingerprint density at radius 3 is 2.05 bits per heavy atom. The van der Waals surface area contributed by atoms with E-state index in [1.54, 1.807) is 32.8 Å². The van der Waals surface area contributed by atoms with Gasteiger partial charge in [-0.2, -0.15) is 13.2 Å². The molecule has 2 heterocycles. The highest BCUT2D eigenvalue weighted by atomic mass is 19.4. The lowest BCUT2D eigenvalue weighted by molar-refractivity contribution is -0.262. The molecule has 0 bridgehead atoms. The van der Waals surface area contributed by atoms with Crippen LogP contribution < -0.4 is 9.64 Å². The molecule has 2 fully saturated rings. The van der Waals surface area contributed by atoms with E-state index in [9.17, 15) is 27.9 Å². The number of rotatable bonds is 8. The first-order valence-electron chi connectivity index (χ1n) is 14.7. The molecule has 1 atom stereocenters. The number of carbonyl (C=O) groups is 2. The van der Waals surface area contributed by atoms with Crippen LogP contribution in [0.3, 0.4) is 0 Å². The van der Waals surface area contributed by atoms with Crippen molar-refractivity contribution in [2.45, 2.75) is 63.8 Å². The molecule has 4 rings (SSSR count). The number of carbonyl (C=O) groups excluding carboxylic acids is 2. The summed E-state index contributed by atoms with van der Waals surface area (Å²) < 4.78 is 48.3. The molecule has 2 saturated heterocycles. The fourth-order valence-electron chi connectivity index (χ4n) is 6.05. The zero-order valence-electron chi connectivity index (χ0n) is 24.9. The summed E-state index contributed by atoms with van der Waals surface area (Å²) in [6, 6.07) is 12.8. The highest BCUT2D eigenvalue weighted by molar-refractivity contribution is 5.94. The Balaban J connectivity index is 1.31. The number of anilines is 1. The van der Waals surface area contributed by atoms with Crippen molar-refractivity contribution in [3.05, 3.63) is 59.7 Å². The molecule has 230 valence electrons. The normalized spacial score (nSPS) is 18.6. The van der Waals surface area contributed by atoms with Crippen LogP contribution in [0.1, 0.15) is 61.9 Å². The summed E-state index contributed by atoms with van der Waals surface area (Å²) >= 11 is 0. The lowest BCUT2D eigenvalue weighted by Gasteiger charge is -2.40. The zero-order chi connectivity index (χ0) is 30.7. The first-order valence-corrected chi connectivity index (χ1v) is 14.7.